The molecule has 2 N–H and O–H groups in total. The summed E-state index contributed by atoms with van der Waals surface area (Å²) in [6.45, 7) is 2.22. The van der Waals surface area contributed by atoms with Crippen molar-refractivity contribution in [2.24, 2.45) is 0 Å². The molecule has 0 amide bonds. The molecule has 96 valence electrons. The first-order valence-corrected chi connectivity index (χ1v) is 6.75. The molecule has 0 saturated carbocycles. The predicted octanol–water partition coefficient (Wildman–Crippen LogP) is 2.44. The molecule has 0 aromatic rings. The highest BCUT2D eigenvalue weighted by Gasteiger charge is 2.24. The molecular weight excluding hydrogens is 202 g/mol. The maximum Gasteiger partial charge on any atom is 0.165 e. The molecule has 1 rings (SSSR count). The van der Waals surface area contributed by atoms with Gasteiger partial charge >= 0.3 is 0 Å². The van der Waals surface area contributed by atoms with Crippen LogP contribution in [-0.4, -0.2) is 31.1 Å². The van der Waals surface area contributed by atoms with Crippen molar-refractivity contribution in [1.29, 1.82) is 0 Å². The van der Waals surface area contributed by atoms with E-state index in [1.807, 2.05) is 0 Å². The van der Waals surface area contributed by atoms with E-state index in [1.165, 1.54) is 25.7 Å². The van der Waals surface area contributed by atoms with Gasteiger partial charge in [0.05, 0.1) is 0 Å². The van der Waals surface area contributed by atoms with Crippen molar-refractivity contribution in [2.75, 3.05) is 20.2 Å². The van der Waals surface area contributed by atoms with Crippen molar-refractivity contribution in [3.05, 3.63) is 0 Å². The largest absolute Gasteiger partial charge is 0.365 e. The zero-order valence-electron chi connectivity index (χ0n) is 10.6. The monoisotopic (exact) mass is 229 g/mol. The Bertz CT molecular complexity index is 159. The Morgan fingerprint density at radius 3 is 2.06 bits per heavy atom. The minimum Gasteiger partial charge on any atom is -0.365 e. The van der Waals surface area contributed by atoms with Crippen LogP contribution in [0.4, 0.5) is 0 Å². The summed E-state index contributed by atoms with van der Waals surface area (Å²) in [6, 6.07) is 0. The molecule has 1 unspecified atom stereocenters. The van der Waals surface area contributed by atoms with E-state index in [9.17, 15) is 5.11 Å². The lowest BCUT2D eigenvalue weighted by atomic mass is 10.0. The van der Waals surface area contributed by atoms with Gasteiger partial charge in [0.2, 0.25) is 0 Å². The van der Waals surface area contributed by atoms with Gasteiger partial charge in [-0.15, -0.1) is 0 Å². The summed E-state index contributed by atoms with van der Waals surface area (Å²) in [5.74, 6) is -0.867. The van der Waals surface area contributed by atoms with Crippen molar-refractivity contribution >= 4 is 0 Å². The van der Waals surface area contributed by atoms with Gasteiger partial charge < -0.3 is 15.2 Å². The van der Waals surface area contributed by atoms with Gasteiger partial charge in [0.15, 0.2) is 5.79 Å². The highest BCUT2D eigenvalue weighted by Crippen LogP contribution is 2.23. The average Bonchev–Trinajstić information content (AvgIpc) is 2.31. The lowest BCUT2D eigenvalue weighted by molar-refractivity contribution is -0.195. The topological polar surface area (TPSA) is 41.5 Å². The van der Waals surface area contributed by atoms with Gasteiger partial charge in [-0.1, -0.05) is 19.3 Å². The van der Waals surface area contributed by atoms with Crippen LogP contribution in [-0.2, 0) is 4.74 Å². The molecule has 1 fully saturated rings. The number of nitrogens with one attached hydrogen (secondary N) is 1. The average molecular weight is 229 g/mol. The van der Waals surface area contributed by atoms with Crippen LogP contribution in [0.15, 0.2) is 0 Å². The van der Waals surface area contributed by atoms with E-state index in [2.05, 4.69) is 5.32 Å². The first kappa shape index (κ1) is 13.9. The molecule has 1 aliphatic rings. The Morgan fingerprint density at radius 1 is 0.875 bits per heavy atom. The first-order chi connectivity index (χ1) is 7.77. The molecule has 0 aromatic heterocycles. The second-order valence-electron chi connectivity index (χ2n) is 4.88. The molecule has 3 nitrogen and oxygen atoms in total. The van der Waals surface area contributed by atoms with Crippen LogP contribution in [0.3, 0.4) is 0 Å². The van der Waals surface area contributed by atoms with Gasteiger partial charge in [0.1, 0.15) is 0 Å². The summed E-state index contributed by atoms with van der Waals surface area (Å²) in [5, 5.41) is 13.6. The third-order valence-electron chi connectivity index (χ3n) is 3.47. The van der Waals surface area contributed by atoms with Crippen LogP contribution in [0, 0.1) is 0 Å². The summed E-state index contributed by atoms with van der Waals surface area (Å²) in [4.78, 5) is 0. The smallest absolute Gasteiger partial charge is 0.165 e. The predicted molar refractivity (Wildman–Crippen MR) is 66.4 cm³/mol. The lowest BCUT2D eigenvalue weighted by Crippen LogP contribution is -2.31. The fourth-order valence-corrected chi connectivity index (χ4v) is 2.29. The second-order valence-corrected chi connectivity index (χ2v) is 4.88. The number of aliphatic hydroxyl groups is 1. The molecule has 1 heterocycles. The lowest BCUT2D eigenvalue weighted by Gasteiger charge is -2.26. The zero-order chi connectivity index (χ0) is 11.7. The molecular formula is C13H27NO2. The van der Waals surface area contributed by atoms with Crippen LogP contribution in [0.2, 0.25) is 0 Å². The van der Waals surface area contributed by atoms with Crippen LogP contribution in [0.1, 0.15) is 57.8 Å². The number of hydrogen-bond donors (Lipinski definition) is 2. The summed E-state index contributed by atoms with van der Waals surface area (Å²) in [7, 11) is 1.62. The molecule has 1 atom stereocenters. The van der Waals surface area contributed by atoms with Crippen molar-refractivity contribution in [2.45, 2.75) is 63.6 Å². The number of ether oxygens (including phenoxy) is 1. The van der Waals surface area contributed by atoms with Gasteiger partial charge in [-0.25, -0.2) is 0 Å². The van der Waals surface area contributed by atoms with E-state index in [-0.39, 0.29) is 0 Å². The minimum atomic E-state index is -0.867. The van der Waals surface area contributed by atoms with Gasteiger partial charge in [-0.2, -0.15) is 0 Å². The normalized spacial score (nSPS) is 31.1. The molecule has 0 radical (unpaired) electrons. The number of rotatable bonds is 1. The first-order valence-electron chi connectivity index (χ1n) is 6.75. The molecule has 0 aliphatic carbocycles. The van der Waals surface area contributed by atoms with Crippen molar-refractivity contribution in [3.8, 4) is 0 Å². The summed E-state index contributed by atoms with van der Waals surface area (Å²) in [6.07, 6.45) is 9.89. The quantitative estimate of drug-likeness (QED) is 0.679. The highest BCUT2D eigenvalue weighted by atomic mass is 16.6. The van der Waals surface area contributed by atoms with E-state index in [1.54, 1.807) is 7.11 Å². The molecule has 1 saturated heterocycles. The molecule has 3 heteroatoms. The van der Waals surface area contributed by atoms with Gasteiger partial charge in [0.25, 0.3) is 0 Å². The third-order valence-corrected chi connectivity index (χ3v) is 3.47. The standard InChI is InChI=1S/C13H27NO2/c1-16-13(15)9-5-3-2-4-7-11-14-12-8-6-10-13/h14-15H,2-12H2,1H3. The van der Waals surface area contributed by atoms with E-state index in [0.717, 1.165) is 45.2 Å². The molecule has 0 aromatic carbocycles. The van der Waals surface area contributed by atoms with Gasteiger partial charge in [-0.05, 0) is 38.8 Å². The zero-order valence-corrected chi connectivity index (χ0v) is 10.6. The SMILES string of the molecule is COC1(O)CCCCCCCNCCCC1. The van der Waals surface area contributed by atoms with Crippen molar-refractivity contribution < 1.29 is 9.84 Å². The summed E-state index contributed by atoms with van der Waals surface area (Å²) < 4.78 is 5.25. The number of methoxy groups -OCH3 is 1. The van der Waals surface area contributed by atoms with E-state index >= 15 is 0 Å². The Hall–Kier alpha value is -0.120. The van der Waals surface area contributed by atoms with Gasteiger partial charge in [0, 0.05) is 20.0 Å². The Morgan fingerprint density at radius 2 is 1.38 bits per heavy atom. The second kappa shape index (κ2) is 8.04. The van der Waals surface area contributed by atoms with E-state index in [0.29, 0.717) is 0 Å². The van der Waals surface area contributed by atoms with Crippen LogP contribution < -0.4 is 5.32 Å². The Kier molecular flexibility index (Phi) is 7.01. The Labute approximate surface area is 99.6 Å². The summed E-state index contributed by atoms with van der Waals surface area (Å²) in [5.41, 5.74) is 0. The van der Waals surface area contributed by atoms with Gasteiger partial charge in [-0.3, -0.25) is 0 Å². The molecule has 1 aliphatic heterocycles. The fraction of sp³-hybridized carbons (Fsp3) is 1.00. The molecule has 0 spiro atoms. The third kappa shape index (κ3) is 5.83. The molecule has 16 heavy (non-hydrogen) atoms. The molecule has 0 bridgehead atoms. The van der Waals surface area contributed by atoms with Crippen LogP contribution in [0.5, 0.6) is 0 Å². The minimum absolute atomic E-state index is 0.769. The van der Waals surface area contributed by atoms with Crippen molar-refractivity contribution in [3.63, 3.8) is 0 Å². The number of hydrogen-bond acceptors (Lipinski definition) is 3. The maximum absolute atomic E-state index is 10.2. The van der Waals surface area contributed by atoms with E-state index in [4.69, 9.17) is 4.74 Å². The Balaban J connectivity index is 2.32. The maximum atomic E-state index is 10.2. The van der Waals surface area contributed by atoms with Crippen LogP contribution >= 0.6 is 0 Å². The van der Waals surface area contributed by atoms with E-state index < -0.39 is 5.79 Å². The summed E-state index contributed by atoms with van der Waals surface area (Å²) >= 11 is 0. The van der Waals surface area contributed by atoms with Crippen molar-refractivity contribution in [1.82, 2.24) is 5.32 Å². The highest BCUT2D eigenvalue weighted by molar-refractivity contribution is 4.68. The fourth-order valence-electron chi connectivity index (χ4n) is 2.29. The van der Waals surface area contributed by atoms with Crippen LogP contribution in [0.25, 0.3) is 0 Å².